The van der Waals surface area contributed by atoms with Gasteiger partial charge in [-0.3, -0.25) is 9.48 Å². The fraction of sp³-hybridized carbons (Fsp3) is 0.286. The van der Waals surface area contributed by atoms with Gasteiger partial charge in [0.1, 0.15) is 0 Å². The van der Waals surface area contributed by atoms with Crippen LogP contribution in [0.4, 0.5) is 11.4 Å². The number of rotatable bonds is 6. The molecule has 0 aliphatic heterocycles. The molecule has 0 saturated heterocycles. The standard InChI is InChI=1S/C14H18N4O/c1-11(19)13-10-12(4-5-14(13)15)16-6-2-8-18-9-3-7-17-18/h3-5,7,9-10,16H,2,6,8,15H2,1H3. The van der Waals surface area contributed by atoms with E-state index in [-0.39, 0.29) is 5.78 Å². The predicted octanol–water partition coefficient (Wildman–Crippen LogP) is 2.17. The zero-order valence-electron chi connectivity index (χ0n) is 11.0. The second-order valence-corrected chi connectivity index (χ2v) is 4.41. The molecule has 19 heavy (non-hydrogen) atoms. The normalized spacial score (nSPS) is 10.4. The van der Waals surface area contributed by atoms with Crippen LogP contribution in [0.3, 0.4) is 0 Å². The molecule has 0 unspecified atom stereocenters. The van der Waals surface area contributed by atoms with Gasteiger partial charge in [-0.25, -0.2) is 0 Å². The van der Waals surface area contributed by atoms with Crippen molar-refractivity contribution in [2.45, 2.75) is 19.9 Å². The number of benzene rings is 1. The zero-order valence-corrected chi connectivity index (χ0v) is 11.0. The third kappa shape index (κ3) is 3.58. The number of aryl methyl sites for hydroxylation is 1. The summed E-state index contributed by atoms with van der Waals surface area (Å²) in [5.41, 5.74) is 7.76. The average Bonchev–Trinajstić information content (AvgIpc) is 2.89. The van der Waals surface area contributed by atoms with Crippen molar-refractivity contribution in [2.24, 2.45) is 0 Å². The lowest BCUT2D eigenvalue weighted by atomic mass is 10.1. The third-order valence-corrected chi connectivity index (χ3v) is 2.88. The zero-order chi connectivity index (χ0) is 13.7. The lowest BCUT2D eigenvalue weighted by molar-refractivity contribution is 0.101. The van der Waals surface area contributed by atoms with Gasteiger partial charge >= 0.3 is 0 Å². The highest BCUT2D eigenvalue weighted by molar-refractivity contribution is 5.99. The molecule has 0 saturated carbocycles. The Morgan fingerprint density at radius 1 is 1.47 bits per heavy atom. The molecule has 0 atom stereocenters. The van der Waals surface area contributed by atoms with Crippen LogP contribution in [0, 0.1) is 0 Å². The van der Waals surface area contributed by atoms with Crippen molar-refractivity contribution in [1.29, 1.82) is 0 Å². The molecule has 0 radical (unpaired) electrons. The largest absolute Gasteiger partial charge is 0.398 e. The van der Waals surface area contributed by atoms with Gasteiger partial charge in [0.2, 0.25) is 0 Å². The topological polar surface area (TPSA) is 72.9 Å². The van der Waals surface area contributed by atoms with Gasteiger partial charge in [-0.1, -0.05) is 0 Å². The summed E-state index contributed by atoms with van der Waals surface area (Å²) in [5.74, 6) is -0.0160. The van der Waals surface area contributed by atoms with E-state index in [9.17, 15) is 4.79 Å². The van der Waals surface area contributed by atoms with Crippen LogP contribution < -0.4 is 11.1 Å². The number of hydrogen-bond donors (Lipinski definition) is 2. The first kappa shape index (κ1) is 13.1. The fourth-order valence-electron chi connectivity index (χ4n) is 1.88. The fourth-order valence-corrected chi connectivity index (χ4v) is 1.88. The molecular weight excluding hydrogens is 240 g/mol. The Morgan fingerprint density at radius 3 is 3.00 bits per heavy atom. The summed E-state index contributed by atoms with van der Waals surface area (Å²) in [6.07, 6.45) is 4.67. The number of nitrogens with two attached hydrogens (primary N) is 1. The third-order valence-electron chi connectivity index (χ3n) is 2.88. The maximum absolute atomic E-state index is 11.4. The van der Waals surface area contributed by atoms with Gasteiger partial charge in [-0.2, -0.15) is 5.10 Å². The van der Waals surface area contributed by atoms with Crippen molar-refractivity contribution in [2.75, 3.05) is 17.6 Å². The van der Waals surface area contributed by atoms with Crippen LogP contribution in [0.5, 0.6) is 0 Å². The van der Waals surface area contributed by atoms with E-state index in [0.717, 1.165) is 25.2 Å². The van der Waals surface area contributed by atoms with Gasteiger partial charge in [0, 0.05) is 42.4 Å². The lowest BCUT2D eigenvalue weighted by Gasteiger charge is -2.09. The number of hydrogen-bond acceptors (Lipinski definition) is 4. The van der Waals surface area contributed by atoms with Crippen molar-refractivity contribution in [1.82, 2.24) is 9.78 Å². The Hall–Kier alpha value is -2.30. The minimum absolute atomic E-state index is 0.0160. The van der Waals surface area contributed by atoms with Crippen molar-refractivity contribution < 1.29 is 4.79 Å². The van der Waals surface area contributed by atoms with Gasteiger partial charge in [-0.05, 0) is 37.6 Å². The monoisotopic (exact) mass is 258 g/mol. The molecule has 1 aromatic heterocycles. The van der Waals surface area contributed by atoms with Crippen LogP contribution in [0.2, 0.25) is 0 Å². The molecule has 0 aliphatic rings. The van der Waals surface area contributed by atoms with Gasteiger partial charge in [0.15, 0.2) is 5.78 Å². The van der Waals surface area contributed by atoms with E-state index in [2.05, 4.69) is 10.4 Å². The summed E-state index contributed by atoms with van der Waals surface area (Å²) >= 11 is 0. The van der Waals surface area contributed by atoms with E-state index in [1.165, 1.54) is 6.92 Å². The molecule has 0 fully saturated rings. The van der Waals surface area contributed by atoms with Gasteiger partial charge in [-0.15, -0.1) is 0 Å². The minimum Gasteiger partial charge on any atom is -0.398 e. The summed E-state index contributed by atoms with van der Waals surface area (Å²) in [5, 5.41) is 7.42. The highest BCUT2D eigenvalue weighted by atomic mass is 16.1. The molecule has 5 heteroatoms. The van der Waals surface area contributed by atoms with Crippen LogP contribution in [-0.4, -0.2) is 22.1 Å². The number of carbonyl (C=O) groups excluding carboxylic acids is 1. The predicted molar refractivity (Wildman–Crippen MR) is 76.2 cm³/mol. The van der Waals surface area contributed by atoms with Crippen LogP contribution in [-0.2, 0) is 6.54 Å². The summed E-state index contributed by atoms with van der Waals surface area (Å²) in [6, 6.07) is 7.35. The molecule has 1 aromatic carbocycles. The Labute approximate surface area is 112 Å². The van der Waals surface area contributed by atoms with Crippen LogP contribution in [0.1, 0.15) is 23.7 Å². The number of ketones is 1. The molecule has 0 spiro atoms. The molecule has 5 nitrogen and oxygen atoms in total. The van der Waals surface area contributed by atoms with Crippen LogP contribution in [0.15, 0.2) is 36.7 Å². The molecule has 2 rings (SSSR count). The Morgan fingerprint density at radius 2 is 2.32 bits per heavy atom. The Kier molecular flexibility index (Phi) is 4.18. The van der Waals surface area contributed by atoms with Crippen LogP contribution in [0.25, 0.3) is 0 Å². The number of nitrogens with one attached hydrogen (secondary N) is 1. The van der Waals surface area contributed by atoms with Gasteiger partial charge in [0.05, 0.1) is 0 Å². The maximum Gasteiger partial charge on any atom is 0.161 e. The maximum atomic E-state index is 11.4. The van der Waals surface area contributed by atoms with Gasteiger partial charge in [0.25, 0.3) is 0 Å². The summed E-state index contributed by atoms with van der Waals surface area (Å²) in [7, 11) is 0. The molecule has 0 amide bonds. The van der Waals surface area contributed by atoms with E-state index >= 15 is 0 Å². The first-order chi connectivity index (χ1) is 9.16. The second kappa shape index (κ2) is 6.04. The lowest BCUT2D eigenvalue weighted by Crippen LogP contribution is -2.08. The van der Waals surface area contributed by atoms with Crippen molar-refractivity contribution in [3.8, 4) is 0 Å². The molecule has 0 aliphatic carbocycles. The number of carbonyl (C=O) groups is 1. The highest BCUT2D eigenvalue weighted by Gasteiger charge is 2.05. The highest BCUT2D eigenvalue weighted by Crippen LogP contribution is 2.18. The minimum atomic E-state index is -0.0160. The van der Waals surface area contributed by atoms with Crippen molar-refractivity contribution >= 4 is 17.2 Å². The summed E-state index contributed by atoms with van der Waals surface area (Å²) < 4.78 is 1.89. The smallest absolute Gasteiger partial charge is 0.161 e. The Bertz CT molecular complexity index is 549. The average molecular weight is 258 g/mol. The molecule has 0 bridgehead atoms. The molecule has 2 aromatic rings. The SMILES string of the molecule is CC(=O)c1cc(NCCCn2cccn2)ccc1N. The van der Waals surface area contributed by atoms with E-state index in [0.29, 0.717) is 11.3 Å². The summed E-state index contributed by atoms with van der Waals surface area (Å²) in [6.45, 7) is 3.21. The molecule has 100 valence electrons. The first-order valence-corrected chi connectivity index (χ1v) is 6.28. The van der Waals surface area contributed by atoms with E-state index in [1.54, 1.807) is 18.3 Å². The quantitative estimate of drug-likeness (QED) is 0.473. The Balaban J connectivity index is 1.86. The number of nitrogens with zero attached hydrogens (tertiary/aromatic N) is 2. The summed E-state index contributed by atoms with van der Waals surface area (Å²) in [4.78, 5) is 11.4. The molecular formula is C14H18N4O. The number of aromatic nitrogens is 2. The number of nitrogen functional groups attached to an aromatic ring is 1. The van der Waals surface area contributed by atoms with Gasteiger partial charge < -0.3 is 11.1 Å². The first-order valence-electron chi connectivity index (χ1n) is 6.28. The molecule has 3 N–H and O–H groups in total. The van der Waals surface area contributed by atoms with Crippen LogP contribution >= 0.6 is 0 Å². The van der Waals surface area contributed by atoms with E-state index in [4.69, 9.17) is 5.73 Å². The van der Waals surface area contributed by atoms with Crippen molar-refractivity contribution in [3.05, 3.63) is 42.2 Å². The second-order valence-electron chi connectivity index (χ2n) is 4.41. The number of anilines is 2. The molecule has 1 heterocycles. The van der Waals surface area contributed by atoms with E-state index < -0.39 is 0 Å². The number of Topliss-reactive ketones (excluding diaryl/α,β-unsaturated/α-hetero) is 1. The van der Waals surface area contributed by atoms with Crippen molar-refractivity contribution in [3.63, 3.8) is 0 Å². The van der Waals surface area contributed by atoms with E-state index in [1.807, 2.05) is 23.0 Å².